The zero-order valence-electron chi connectivity index (χ0n) is 19.4. The molecule has 9 nitrogen and oxygen atoms in total. The van der Waals surface area contributed by atoms with Crippen molar-refractivity contribution >= 4 is 67.1 Å². The van der Waals surface area contributed by atoms with E-state index in [0.717, 1.165) is 0 Å². The molecule has 0 bridgehead atoms. The minimum atomic E-state index is -4.70. The van der Waals surface area contributed by atoms with Crippen molar-refractivity contribution in [2.24, 2.45) is 10.2 Å². The SMILES string of the molecule is COc1ccc(NC(=O)c2cc3ccccc3c(N=Nc3ccc(Cl)c(C)c3S(=O)(=O)O)c2O)c(Cl)c1. The number of phenolic OH excluding ortho intramolecular Hbond substituents is 1. The Balaban J connectivity index is 1.82. The number of azo groups is 1. The molecule has 4 aromatic carbocycles. The maximum atomic E-state index is 13.1. The first-order chi connectivity index (χ1) is 17.5. The third-order valence-electron chi connectivity index (χ3n) is 5.50. The quantitative estimate of drug-likeness (QED) is 0.170. The van der Waals surface area contributed by atoms with Crippen LogP contribution in [0, 0.1) is 6.92 Å². The van der Waals surface area contributed by atoms with Crippen LogP contribution in [-0.4, -0.2) is 31.1 Å². The van der Waals surface area contributed by atoms with E-state index in [1.165, 1.54) is 38.3 Å². The molecule has 0 saturated heterocycles. The van der Waals surface area contributed by atoms with E-state index in [2.05, 4.69) is 15.5 Å². The summed E-state index contributed by atoms with van der Waals surface area (Å²) < 4.78 is 38.8. The maximum absolute atomic E-state index is 13.1. The molecule has 0 fully saturated rings. The van der Waals surface area contributed by atoms with Gasteiger partial charge >= 0.3 is 0 Å². The number of nitrogens with one attached hydrogen (secondary N) is 1. The average Bonchev–Trinajstić information content (AvgIpc) is 2.85. The van der Waals surface area contributed by atoms with Gasteiger partial charge in [-0.05, 0) is 48.2 Å². The molecule has 4 rings (SSSR count). The van der Waals surface area contributed by atoms with E-state index in [-0.39, 0.29) is 38.2 Å². The van der Waals surface area contributed by atoms with E-state index in [0.29, 0.717) is 16.5 Å². The number of benzene rings is 4. The first-order valence-corrected chi connectivity index (χ1v) is 12.8. The molecule has 0 aromatic heterocycles. The summed E-state index contributed by atoms with van der Waals surface area (Å²) in [6, 6.07) is 15.6. The third kappa shape index (κ3) is 5.37. The molecule has 0 aliphatic heterocycles. The van der Waals surface area contributed by atoms with Crippen LogP contribution in [0.15, 0.2) is 75.8 Å². The monoisotopic (exact) mass is 559 g/mol. The number of aromatic hydroxyl groups is 1. The number of nitrogens with zero attached hydrogens (tertiary/aromatic N) is 2. The summed E-state index contributed by atoms with van der Waals surface area (Å²) in [7, 11) is -3.21. The normalized spacial score (nSPS) is 11.7. The minimum absolute atomic E-state index is 0.0826. The van der Waals surface area contributed by atoms with Crippen LogP contribution in [0.5, 0.6) is 11.5 Å². The summed E-state index contributed by atoms with van der Waals surface area (Å²) >= 11 is 12.2. The molecule has 3 N–H and O–H groups in total. The highest BCUT2D eigenvalue weighted by atomic mass is 35.5. The Hall–Kier alpha value is -3.70. The first kappa shape index (κ1) is 26.4. The second-order valence-electron chi connectivity index (χ2n) is 7.84. The van der Waals surface area contributed by atoms with Gasteiger partial charge in [-0.1, -0.05) is 47.5 Å². The number of phenols is 1. The smallest absolute Gasteiger partial charge is 0.297 e. The number of carbonyl (C=O) groups excluding carboxylic acids is 1. The predicted octanol–water partition coefficient (Wildman–Crippen LogP) is 7.08. The van der Waals surface area contributed by atoms with Gasteiger partial charge in [0.05, 0.1) is 23.4 Å². The van der Waals surface area contributed by atoms with Gasteiger partial charge in [-0.2, -0.15) is 8.42 Å². The molecule has 4 aromatic rings. The zero-order chi connectivity index (χ0) is 26.9. The van der Waals surface area contributed by atoms with Gasteiger partial charge in [0, 0.05) is 16.5 Å². The first-order valence-electron chi connectivity index (χ1n) is 10.6. The maximum Gasteiger partial charge on any atom is 0.297 e. The van der Waals surface area contributed by atoms with Crippen LogP contribution < -0.4 is 10.1 Å². The fraction of sp³-hybridized carbons (Fsp3) is 0.0800. The van der Waals surface area contributed by atoms with E-state index < -0.39 is 26.7 Å². The van der Waals surface area contributed by atoms with Crippen LogP contribution in [-0.2, 0) is 10.1 Å². The van der Waals surface area contributed by atoms with E-state index >= 15 is 0 Å². The number of fused-ring (bicyclic) bond motifs is 1. The molecule has 190 valence electrons. The predicted molar refractivity (Wildman–Crippen MR) is 142 cm³/mol. The molecular weight excluding hydrogens is 541 g/mol. The minimum Gasteiger partial charge on any atom is -0.505 e. The van der Waals surface area contributed by atoms with Crippen LogP contribution in [0.1, 0.15) is 15.9 Å². The number of rotatable bonds is 6. The second-order valence-corrected chi connectivity index (χ2v) is 10.0. The number of halogens is 2. The fourth-order valence-corrected chi connectivity index (χ4v) is 4.97. The number of hydrogen-bond donors (Lipinski definition) is 3. The lowest BCUT2D eigenvalue weighted by atomic mass is 10.0. The highest BCUT2D eigenvalue weighted by molar-refractivity contribution is 7.86. The van der Waals surface area contributed by atoms with Gasteiger partial charge in [-0.25, -0.2) is 0 Å². The summed E-state index contributed by atoms with van der Waals surface area (Å²) in [5.74, 6) is -0.669. The number of ether oxygens (including phenoxy) is 1. The molecule has 0 heterocycles. The van der Waals surface area contributed by atoms with Gasteiger partial charge in [0.1, 0.15) is 22.0 Å². The molecule has 0 spiro atoms. The largest absolute Gasteiger partial charge is 0.505 e. The van der Waals surface area contributed by atoms with Gasteiger partial charge in [0.15, 0.2) is 5.75 Å². The Morgan fingerprint density at radius 1 is 1.00 bits per heavy atom. The number of anilines is 1. The van der Waals surface area contributed by atoms with Crippen LogP contribution in [0.2, 0.25) is 10.0 Å². The van der Waals surface area contributed by atoms with E-state index in [4.69, 9.17) is 27.9 Å². The summed E-state index contributed by atoms with van der Waals surface area (Å²) in [6.45, 7) is 1.41. The molecular formula is C25H19Cl2N3O6S. The van der Waals surface area contributed by atoms with Crippen LogP contribution in [0.3, 0.4) is 0 Å². The zero-order valence-corrected chi connectivity index (χ0v) is 21.7. The highest BCUT2D eigenvalue weighted by Gasteiger charge is 2.22. The van der Waals surface area contributed by atoms with Gasteiger partial charge < -0.3 is 15.2 Å². The average molecular weight is 560 g/mol. The molecule has 0 aliphatic rings. The molecule has 37 heavy (non-hydrogen) atoms. The Bertz CT molecular complexity index is 1690. The van der Waals surface area contributed by atoms with Crippen LogP contribution in [0.25, 0.3) is 10.8 Å². The lowest BCUT2D eigenvalue weighted by molar-refractivity contribution is 0.102. The molecule has 0 aliphatic carbocycles. The van der Waals surface area contributed by atoms with E-state index in [9.17, 15) is 22.9 Å². The van der Waals surface area contributed by atoms with Crippen LogP contribution in [0.4, 0.5) is 17.1 Å². The number of hydrogen-bond acceptors (Lipinski definition) is 7. The van der Waals surface area contributed by atoms with E-state index in [1.807, 2.05) is 0 Å². The van der Waals surface area contributed by atoms with Crippen molar-refractivity contribution in [3.63, 3.8) is 0 Å². The van der Waals surface area contributed by atoms with E-state index in [1.54, 1.807) is 36.4 Å². The van der Waals surface area contributed by atoms with Crippen molar-refractivity contribution < 1.29 is 27.6 Å². The molecule has 0 radical (unpaired) electrons. The Morgan fingerprint density at radius 3 is 2.41 bits per heavy atom. The number of methoxy groups -OCH3 is 1. The number of amides is 1. The summed E-state index contributed by atoms with van der Waals surface area (Å²) in [6.07, 6.45) is 0. The lowest BCUT2D eigenvalue weighted by Crippen LogP contribution is -2.12. The van der Waals surface area contributed by atoms with Crippen LogP contribution >= 0.6 is 23.2 Å². The van der Waals surface area contributed by atoms with Crippen molar-refractivity contribution in [2.45, 2.75) is 11.8 Å². The lowest BCUT2D eigenvalue weighted by Gasteiger charge is -2.13. The topological polar surface area (TPSA) is 138 Å². The Morgan fingerprint density at radius 2 is 1.73 bits per heavy atom. The summed E-state index contributed by atoms with van der Waals surface area (Å²) in [5.41, 5.74) is -0.0376. The summed E-state index contributed by atoms with van der Waals surface area (Å²) in [4.78, 5) is 12.6. The van der Waals surface area contributed by atoms with Crippen molar-refractivity contribution in [1.29, 1.82) is 0 Å². The van der Waals surface area contributed by atoms with Crippen molar-refractivity contribution in [1.82, 2.24) is 0 Å². The van der Waals surface area contributed by atoms with Gasteiger partial charge in [0.2, 0.25) is 0 Å². The van der Waals surface area contributed by atoms with Gasteiger partial charge in [-0.3, -0.25) is 9.35 Å². The van der Waals surface area contributed by atoms with Crippen molar-refractivity contribution in [3.05, 3.63) is 81.8 Å². The number of carbonyl (C=O) groups is 1. The Kier molecular flexibility index (Phi) is 7.37. The standard InChI is InChI=1S/C25H19Cl2N3O6S/c1-13-18(26)8-10-21(24(13)37(33,34)35)29-30-22-16-6-4-3-5-14(16)11-17(23(22)31)25(32)28-20-9-7-15(36-2)12-19(20)27/h3-12,31H,1-2H3,(H,28,32)(H,33,34,35). The highest BCUT2D eigenvalue weighted by Crippen LogP contribution is 2.41. The molecule has 0 saturated carbocycles. The molecule has 12 heteroatoms. The summed E-state index contributed by atoms with van der Waals surface area (Å²) in [5, 5.41) is 23.1. The van der Waals surface area contributed by atoms with Crippen molar-refractivity contribution in [3.8, 4) is 11.5 Å². The van der Waals surface area contributed by atoms with Crippen molar-refractivity contribution in [2.75, 3.05) is 12.4 Å². The molecule has 0 atom stereocenters. The molecule has 1 amide bonds. The van der Waals surface area contributed by atoms with Gasteiger partial charge in [0.25, 0.3) is 16.0 Å². The Labute approximate surface area is 222 Å². The van der Waals surface area contributed by atoms with Gasteiger partial charge in [-0.15, -0.1) is 10.2 Å². The molecule has 0 unspecified atom stereocenters. The second kappa shape index (κ2) is 10.3. The fourth-order valence-electron chi connectivity index (χ4n) is 3.67. The third-order valence-corrected chi connectivity index (χ3v) is 7.25.